The molecule has 4 heteroatoms. The highest BCUT2D eigenvalue weighted by molar-refractivity contribution is 5.41. The lowest BCUT2D eigenvalue weighted by molar-refractivity contribution is -0.0191. The molecule has 2 aliphatic rings. The summed E-state index contributed by atoms with van der Waals surface area (Å²) in [5.74, 6) is 0.971. The Kier molecular flexibility index (Phi) is 5.07. The first-order valence-electron chi connectivity index (χ1n) is 8.81. The summed E-state index contributed by atoms with van der Waals surface area (Å²) in [4.78, 5) is 2.50. The highest BCUT2D eigenvalue weighted by atomic mass is 16.3. The lowest BCUT2D eigenvalue weighted by Gasteiger charge is -2.46. The van der Waals surface area contributed by atoms with Gasteiger partial charge in [0.15, 0.2) is 0 Å². The summed E-state index contributed by atoms with van der Waals surface area (Å²) >= 11 is 0. The molecule has 128 valence electrons. The van der Waals surface area contributed by atoms with E-state index in [1.165, 1.54) is 11.1 Å². The summed E-state index contributed by atoms with van der Waals surface area (Å²) in [5, 5.41) is 29.6. The molecular formula is C19H29NO3. The van der Waals surface area contributed by atoms with Crippen molar-refractivity contribution in [3.8, 4) is 0 Å². The maximum atomic E-state index is 10.6. The average Bonchev–Trinajstić information content (AvgIpc) is 2.53. The van der Waals surface area contributed by atoms with Gasteiger partial charge in [0.2, 0.25) is 0 Å². The van der Waals surface area contributed by atoms with Gasteiger partial charge in [-0.25, -0.2) is 0 Å². The van der Waals surface area contributed by atoms with Gasteiger partial charge in [-0.2, -0.15) is 0 Å². The van der Waals surface area contributed by atoms with Crippen molar-refractivity contribution in [2.45, 2.75) is 58.5 Å². The van der Waals surface area contributed by atoms with Crippen molar-refractivity contribution in [2.24, 2.45) is 11.8 Å². The van der Waals surface area contributed by atoms with Crippen molar-refractivity contribution in [3.05, 3.63) is 34.4 Å². The van der Waals surface area contributed by atoms with Crippen LogP contribution in [0.25, 0.3) is 0 Å². The average molecular weight is 319 g/mol. The smallest absolute Gasteiger partial charge is 0.0685 e. The van der Waals surface area contributed by atoms with E-state index in [4.69, 9.17) is 0 Å². The zero-order valence-corrected chi connectivity index (χ0v) is 14.2. The first-order valence-corrected chi connectivity index (χ1v) is 8.81. The summed E-state index contributed by atoms with van der Waals surface area (Å²) in [6, 6.07) is 4.34. The second kappa shape index (κ2) is 6.89. The van der Waals surface area contributed by atoms with Crippen LogP contribution in [-0.2, 0) is 19.6 Å². The van der Waals surface area contributed by atoms with Gasteiger partial charge in [0, 0.05) is 19.1 Å². The fourth-order valence-electron chi connectivity index (χ4n) is 4.37. The summed E-state index contributed by atoms with van der Waals surface area (Å²) in [6.45, 7) is 6.33. The van der Waals surface area contributed by atoms with Gasteiger partial charge in [-0.05, 0) is 53.4 Å². The third-order valence-electron chi connectivity index (χ3n) is 5.52. The number of hydrogen-bond acceptors (Lipinski definition) is 4. The van der Waals surface area contributed by atoms with Crippen LogP contribution in [0.15, 0.2) is 12.1 Å². The van der Waals surface area contributed by atoms with E-state index in [-0.39, 0.29) is 25.4 Å². The number of piperidine rings is 1. The van der Waals surface area contributed by atoms with Gasteiger partial charge in [-0.1, -0.05) is 26.0 Å². The van der Waals surface area contributed by atoms with Crippen molar-refractivity contribution in [1.82, 2.24) is 4.90 Å². The van der Waals surface area contributed by atoms with E-state index in [9.17, 15) is 15.3 Å². The van der Waals surface area contributed by atoms with Crippen LogP contribution in [0.2, 0.25) is 0 Å². The zero-order valence-electron chi connectivity index (χ0n) is 14.2. The van der Waals surface area contributed by atoms with E-state index < -0.39 is 0 Å². The highest BCUT2D eigenvalue weighted by Crippen LogP contribution is 2.40. The summed E-state index contributed by atoms with van der Waals surface area (Å²) in [7, 11) is 0. The molecule has 3 atom stereocenters. The molecule has 0 saturated carbocycles. The SMILES string of the molecule is CC(C)C[C@H]1CN2CCc3cc(CO)c(CO)cc3[C@H]2C[C@@H]1O. The maximum absolute atomic E-state index is 10.6. The van der Waals surface area contributed by atoms with Crippen LogP contribution in [0.3, 0.4) is 0 Å². The highest BCUT2D eigenvalue weighted by Gasteiger charge is 2.38. The standard InChI is InChI=1S/C19H29NO3/c1-12(2)5-14-9-20-4-3-13-6-15(10-21)16(11-22)7-17(13)18(20)8-19(14)23/h6-7,12,14,18-19,21-23H,3-5,8-11H2,1-2H3/t14-,18+,19-/m0/s1. The van der Waals surface area contributed by atoms with E-state index in [0.717, 1.165) is 43.5 Å². The molecule has 2 aliphatic heterocycles. The predicted octanol–water partition coefficient (Wildman–Crippen LogP) is 2.00. The van der Waals surface area contributed by atoms with E-state index in [1.54, 1.807) is 0 Å². The molecule has 0 amide bonds. The Morgan fingerprint density at radius 3 is 2.52 bits per heavy atom. The van der Waals surface area contributed by atoms with E-state index >= 15 is 0 Å². The van der Waals surface area contributed by atoms with Crippen molar-refractivity contribution in [2.75, 3.05) is 13.1 Å². The fourth-order valence-corrected chi connectivity index (χ4v) is 4.37. The van der Waals surface area contributed by atoms with Gasteiger partial charge >= 0.3 is 0 Å². The molecule has 3 N–H and O–H groups in total. The molecule has 2 heterocycles. The second-order valence-electron chi connectivity index (χ2n) is 7.59. The minimum atomic E-state index is -0.250. The Bertz CT molecular complexity index is 558. The first kappa shape index (κ1) is 16.9. The van der Waals surface area contributed by atoms with Crippen molar-refractivity contribution in [1.29, 1.82) is 0 Å². The number of hydrogen-bond donors (Lipinski definition) is 3. The molecule has 4 nitrogen and oxygen atoms in total. The van der Waals surface area contributed by atoms with Crippen LogP contribution in [0.1, 0.15) is 55.0 Å². The molecule has 1 saturated heterocycles. The summed E-state index contributed by atoms with van der Waals surface area (Å²) in [6.07, 6.45) is 2.57. The van der Waals surface area contributed by atoms with Crippen LogP contribution in [-0.4, -0.2) is 39.4 Å². The normalized spacial score (nSPS) is 27.8. The topological polar surface area (TPSA) is 63.9 Å². The minimum absolute atomic E-state index is 0.0311. The molecule has 0 aliphatic carbocycles. The predicted molar refractivity (Wildman–Crippen MR) is 89.9 cm³/mol. The molecule has 3 rings (SSSR count). The molecule has 0 radical (unpaired) electrons. The van der Waals surface area contributed by atoms with E-state index in [0.29, 0.717) is 11.8 Å². The van der Waals surface area contributed by atoms with Crippen molar-refractivity contribution < 1.29 is 15.3 Å². The number of aliphatic hydroxyl groups excluding tert-OH is 3. The number of fused-ring (bicyclic) bond motifs is 3. The Morgan fingerprint density at radius 2 is 1.87 bits per heavy atom. The van der Waals surface area contributed by atoms with Crippen LogP contribution < -0.4 is 0 Å². The van der Waals surface area contributed by atoms with E-state index in [2.05, 4.69) is 18.7 Å². The van der Waals surface area contributed by atoms with Gasteiger partial charge in [0.05, 0.1) is 19.3 Å². The van der Waals surface area contributed by atoms with Crippen LogP contribution in [0.5, 0.6) is 0 Å². The molecule has 0 aromatic heterocycles. The Morgan fingerprint density at radius 1 is 1.17 bits per heavy atom. The van der Waals surface area contributed by atoms with Crippen LogP contribution in [0.4, 0.5) is 0 Å². The van der Waals surface area contributed by atoms with Gasteiger partial charge in [-0.15, -0.1) is 0 Å². The van der Waals surface area contributed by atoms with Gasteiger partial charge in [0.1, 0.15) is 0 Å². The maximum Gasteiger partial charge on any atom is 0.0685 e. The summed E-state index contributed by atoms with van der Waals surface area (Å²) in [5.41, 5.74) is 4.14. The number of nitrogens with zero attached hydrogens (tertiary/aromatic N) is 1. The first-order chi connectivity index (χ1) is 11.0. The Labute approximate surface area is 138 Å². The molecule has 1 fully saturated rings. The molecule has 1 aromatic rings. The number of rotatable bonds is 4. The molecule has 0 unspecified atom stereocenters. The van der Waals surface area contributed by atoms with Crippen molar-refractivity contribution >= 4 is 0 Å². The summed E-state index contributed by atoms with van der Waals surface area (Å²) < 4.78 is 0. The third kappa shape index (κ3) is 3.31. The zero-order chi connectivity index (χ0) is 16.6. The van der Waals surface area contributed by atoms with Crippen LogP contribution in [0, 0.1) is 11.8 Å². The van der Waals surface area contributed by atoms with Gasteiger partial charge in [-0.3, -0.25) is 4.90 Å². The van der Waals surface area contributed by atoms with E-state index in [1.807, 2.05) is 12.1 Å². The molecule has 1 aromatic carbocycles. The lowest BCUT2D eigenvalue weighted by atomic mass is 9.78. The largest absolute Gasteiger partial charge is 0.393 e. The molecule has 23 heavy (non-hydrogen) atoms. The monoisotopic (exact) mass is 319 g/mol. The Balaban J connectivity index is 1.87. The van der Waals surface area contributed by atoms with Crippen molar-refractivity contribution in [3.63, 3.8) is 0 Å². The third-order valence-corrected chi connectivity index (χ3v) is 5.52. The minimum Gasteiger partial charge on any atom is -0.393 e. The molecule has 0 bridgehead atoms. The lowest BCUT2D eigenvalue weighted by Crippen LogP contribution is -2.48. The molecule has 0 spiro atoms. The van der Waals surface area contributed by atoms with Gasteiger partial charge < -0.3 is 15.3 Å². The Hall–Kier alpha value is -0.940. The van der Waals surface area contributed by atoms with Crippen LogP contribution >= 0.6 is 0 Å². The quantitative estimate of drug-likeness (QED) is 0.794. The number of benzene rings is 1. The fraction of sp³-hybridized carbons (Fsp3) is 0.684. The number of aliphatic hydroxyl groups is 3. The second-order valence-corrected chi connectivity index (χ2v) is 7.59. The van der Waals surface area contributed by atoms with Gasteiger partial charge in [0.25, 0.3) is 0 Å². The molecular weight excluding hydrogens is 290 g/mol.